The average Bonchev–Trinajstić information content (AvgIpc) is 2.52. The minimum Gasteiger partial charge on any atom is -0.496 e. The molecule has 0 radical (unpaired) electrons. The van der Waals surface area contributed by atoms with Gasteiger partial charge in [0.1, 0.15) is 5.75 Å². The molecule has 2 heteroatoms. The largest absolute Gasteiger partial charge is 0.496 e. The van der Waals surface area contributed by atoms with E-state index in [-0.39, 0.29) is 0 Å². The molecule has 0 heterocycles. The second-order valence-electron chi connectivity index (χ2n) is 6.48. The van der Waals surface area contributed by atoms with Crippen LogP contribution in [0.5, 0.6) is 5.75 Å². The molecule has 1 saturated carbocycles. The van der Waals surface area contributed by atoms with Crippen LogP contribution in [0.1, 0.15) is 69.0 Å². The van der Waals surface area contributed by atoms with Crippen LogP contribution in [0.25, 0.3) is 0 Å². The van der Waals surface area contributed by atoms with Crippen LogP contribution < -0.4 is 10.1 Å². The number of ether oxygens (including phenoxy) is 1. The van der Waals surface area contributed by atoms with Crippen LogP contribution in [-0.2, 0) is 0 Å². The molecule has 1 unspecified atom stereocenters. The zero-order chi connectivity index (χ0) is 15.1. The van der Waals surface area contributed by atoms with E-state index in [1.807, 2.05) is 0 Å². The molecule has 1 aromatic rings. The lowest BCUT2D eigenvalue weighted by Crippen LogP contribution is -2.25. The molecule has 21 heavy (non-hydrogen) atoms. The van der Waals surface area contributed by atoms with E-state index in [1.54, 1.807) is 7.11 Å². The maximum atomic E-state index is 5.39. The summed E-state index contributed by atoms with van der Waals surface area (Å²) in [5.74, 6) is 1.89. The van der Waals surface area contributed by atoms with Crippen LogP contribution >= 0.6 is 0 Å². The number of hydrogen-bond acceptors (Lipinski definition) is 2. The molecule has 118 valence electrons. The Labute approximate surface area is 130 Å². The second kappa shape index (κ2) is 8.43. The Bertz CT molecular complexity index is 424. The third-order valence-electron chi connectivity index (χ3n) is 4.76. The third-order valence-corrected chi connectivity index (χ3v) is 4.76. The molecule has 0 amide bonds. The average molecular weight is 289 g/mol. The van der Waals surface area contributed by atoms with Crippen LogP contribution in [0.2, 0.25) is 0 Å². The number of benzene rings is 1. The van der Waals surface area contributed by atoms with Crippen molar-refractivity contribution in [3.8, 4) is 5.75 Å². The van der Waals surface area contributed by atoms with E-state index in [9.17, 15) is 0 Å². The zero-order valence-corrected chi connectivity index (χ0v) is 14.0. The Morgan fingerprint density at radius 1 is 1.24 bits per heavy atom. The standard InChI is InChI=1S/C19H31NO/c1-4-12-20-18(14-16-8-6-5-7-9-16)17-10-11-19(21-3)15(2)13-17/h10-11,13,16,18,20H,4-9,12,14H2,1-3H3. The van der Waals surface area contributed by atoms with Gasteiger partial charge in [0.15, 0.2) is 0 Å². The fourth-order valence-electron chi connectivity index (χ4n) is 3.53. The summed E-state index contributed by atoms with van der Waals surface area (Å²) >= 11 is 0. The number of methoxy groups -OCH3 is 1. The topological polar surface area (TPSA) is 21.3 Å². The van der Waals surface area contributed by atoms with E-state index >= 15 is 0 Å². The highest BCUT2D eigenvalue weighted by molar-refractivity contribution is 5.37. The molecule has 0 aliphatic heterocycles. The van der Waals surface area contributed by atoms with Crippen LogP contribution in [0.15, 0.2) is 18.2 Å². The first-order valence-corrected chi connectivity index (χ1v) is 8.62. The van der Waals surface area contributed by atoms with Crippen LogP contribution in [0.3, 0.4) is 0 Å². The first-order valence-electron chi connectivity index (χ1n) is 8.62. The predicted octanol–water partition coefficient (Wildman–Crippen LogP) is 5.01. The third kappa shape index (κ3) is 4.74. The highest BCUT2D eigenvalue weighted by atomic mass is 16.5. The summed E-state index contributed by atoms with van der Waals surface area (Å²) in [6.07, 6.45) is 9.59. The molecule has 0 aromatic heterocycles. The summed E-state index contributed by atoms with van der Waals surface area (Å²) in [7, 11) is 1.75. The molecule has 2 nitrogen and oxygen atoms in total. The van der Waals surface area contributed by atoms with Gasteiger partial charge in [-0.3, -0.25) is 0 Å². The molecule has 1 aromatic carbocycles. The maximum Gasteiger partial charge on any atom is 0.121 e. The highest BCUT2D eigenvalue weighted by Crippen LogP contribution is 2.33. The molecule has 2 rings (SSSR count). The van der Waals surface area contributed by atoms with Crippen molar-refractivity contribution in [1.29, 1.82) is 0 Å². The molecule has 1 atom stereocenters. The summed E-state index contributed by atoms with van der Waals surface area (Å²) in [6.45, 7) is 5.48. The normalized spacial score (nSPS) is 17.7. The fourth-order valence-corrected chi connectivity index (χ4v) is 3.53. The van der Waals surface area contributed by atoms with Gasteiger partial charge in [-0.05, 0) is 49.4 Å². The van der Waals surface area contributed by atoms with Gasteiger partial charge < -0.3 is 10.1 Å². The molecule has 0 bridgehead atoms. The summed E-state index contributed by atoms with van der Waals surface area (Å²) in [4.78, 5) is 0. The lowest BCUT2D eigenvalue weighted by molar-refractivity contribution is 0.300. The summed E-state index contributed by atoms with van der Waals surface area (Å²) < 4.78 is 5.39. The SMILES string of the molecule is CCCNC(CC1CCCCC1)c1ccc(OC)c(C)c1. The fraction of sp³-hybridized carbons (Fsp3) is 0.684. The summed E-state index contributed by atoms with van der Waals surface area (Å²) in [6, 6.07) is 7.15. The summed E-state index contributed by atoms with van der Waals surface area (Å²) in [5, 5.41) is 3.76. The Balaban J connectivity index is 2.08. The molecular formula is C19H31NO. The minimum atomic E-state index is 0.498. The first-order chi connectivity index (χ1) is 10.2. The number of rotatable bonds is 7. The van der Waals surface area contributed by atoms with E-state index < -0.39 is 0 Å². The maximum absolute atomic E-state index is 5.39. The number of aryl methyl sites for hydroxylation is 1. The minimum absolute atomic E-state index is 0.498. The van der Waals surface area contributed by atoms with Gasteiger partial charge in [0.2, 0.25) is 0 Å². The zero-order valence-electron chi connectivity index (χ0n) is 14.0. The van der Waals surface area contributed by atoms with E-state index in [4.69, 9.17) is 4.74 Å². The van der Waals surface area contributed by atoms with E-state index in [0.29, 0.717) is 6.04 Å². The number of hydrogen-bond donors (Lipinski definition) is 1. The molecule has 1 N–H and O–H groups in total. The Kier molecular flexibility index (Phi) is 6.56. The van der Waals surface area contributed by atoms with Crippen molar-refractivity contribution in [1.82, 2.24) is 5.32 Å². The molecule has 0 saturated heterocycles. The monoisotopic (exact) mass is 289 g/mol. The quantitative estimate of drug-likeness (QED) is 0.761. The van der Waals surface area contributed by atoms with Crippen LogP contribution in [-0.4, -0.2) is 13.7 Å². The Morgan fingerprint density at radius 2 is 2.00 bits per heavy atom. The smallest absolute Gasteiger partial charge is 0.121 e. The van der Waals surface area contributed by atoms with Gasteiger partial charge in [-0.1, -0.05) is 51.2 Å². The first kappa shape index (κ1) is 16.4. The Hall–Kier alpha value is -1.02. The molecule has 0 spiro atoms. The second-order valence-corrected chi connectivity index (χ2v) is 6.48. The van der Waals surface area contributed by atoms with Crippen molar-refractivity contribution in [3.05, 3.63) is 29.3 Å². The van der Waals surface area contributed by atoms with Gasteiger partial charge in [-0.2, -0.15) is 0 Å². The van der Waals surface area contributed by atoms with Crippen molar-refractivity contribution in [2.24, 2.45) is 5.92 Å². The molecule has 1 aliphatic carbocycles. The molecular weight excluding hydrogens is 258 g/mol. The van der Waals surface area contributed by atoms with Crippen molar-refractivity contribution in [2.45, 2.75) is 64.8 Å². The van der Waals surface area contributed by atoms with Crippen molar-refractivity contribution in [3.63, 3.8) is 0 Å². The lowest BCUT2D eigenvalue weighted by Gasteiger charge is -2.28. The van der Waals surface area contributed by atoms with Crippen LogP contribution in [0.4, 0.5) is 0 Å². The van der Waals surface area contributed by atoms with Gasteiger partial charge in [-0.25, -0.2) is 0 Å². The van der Waals surface area contributed by atoms with Gasteiger partial charge >= 0.3 is 0 Å². The summed E-state index contributed by atoms with van der Waals surface area (Å²) in [5.41, 5.74) is 2.66. The predicted molar refractivity (Wildman–Crippen MR) is 90.0 cm³/mol. The van der Waals surface area contributed by atoms with Crippen molar-refractivity contribution >= 4 is 0 Å². The Morgan fingerprint density at radius 3 is 2.62 bits per heavy atom. The van der Waals surface area contributed by atoms with Gasteiger partial charge in [-0.15, -0.1) is 0 Å². The highest BCUT2D eigenvalue weighted by Gasteiger charge is 2.20. The van der Waals surface area contributed by atoms with Gasteiger partial charge in [0.05, 0.1) is 7.11 Å². The van der Waals surface area contributed by atoms with Gasteiger partial charge in [0, 0.05) is 6.04 Å². The number of nitrogens with one attached hydrogen (secondary N) is 1. The van der Waals surface area contributed by atoms with Crippen molar-refractivity contribution in [2.75, 3.05) is 13.7 Å². The molecule has 1 fully saturated rings. The van der Waals surface area contributed by atoms with E-state index in [0.717, 1.165) is 18.2 Å². The van der Waals surface area contributed by atoms with Crippen molar-refractivity contribution < 1.29 is 4.74 Å². The van der Waals surface area contributed by atoms with Crippen LogP contribution in [0, 0.1) is 12.8 Å². The van der Waals surface area contributed by atoms with E-state index in [2.05, 4.69) is 37.4 Å². The lowest BCUT2D eigenvalue weighted by atomic mass is 9.83. The van der Waals surface area contributed by atoms with Gasteiger partial charge in [0.25, 0.3) is 0 Å². The van der Waals surface area contributed by atoms with E-state index in [1.165, 1.54) is 56.1 Å². The molecule has 1 aliphatic rings.